The van der Waals surface area contributed by atoms with Crippen LogP contribution in [0.5, 0.6) is 0 Å². The van der Waals surface area contributed by atoms with E-state index >= 15 is 0 Å². The van der Waals surface area contributed by atoms with E-state index < -0.39 is 0 Å². The highest BCUT2D eigenvalue weighted by Crippen LogP contribution is 2.07. The number of carbonyl (C=O) groups is 1. The van der Waals surface area contributed by atoms with Crippen molar-refractivity contribution in [1.29, 1.82) is 0 Å². The second-order valence-corrected chi connectivity index (χ2v) is 4.15. The summed E-state index contributed by atoms with van der Waals surface area (Å²) < 4.78 is 5.14. The van der Waals surface area contributed by atoms with Crippen molar-refractivity contribution in [2.24, 2.45) is 0 Å². The van der Waals surface area contributed by atoms with Gasteiger partial charge in [-0.2, -0.15) is 0 Å². The van der Waals surface area contributed by atoms with Gasteiger partial charge in [0.05, 0.1) is 12.8 Å². The van der Waals surface area contributed by atoms with Crippen LogP contribution in [0.1, 0.15) is 25.0 Å². The molecule has 0 atom stereocenters. The highest BCUT2D eigenvalue weighted by atomic mass is 16.3. The summed E-state index contributed by atoms with van der Waals surface area (Å²) in [5.74, 6) is 0.901. The summed E-state index contributed by atoms with van der Waals surface area (Å²) in [5, 5.41) is 2.85. The molecule has 1 amide bonds. The minimum Gasteiger partial charge on any atom is -0.467 e. The van der Waals surface area contributed by atoms with Crippen molar-refractivity contribution in [3.8, 4) is 0 Å². The topological polar surface area (TPSA) is 45.5 Å². The molecule has 16 heavy (non-hydrogen) atoms. The predicted octanol–water partition coefficient (Wildman–Crippen LogP) is 1.38. The van der Waals surface area contributed by atoms with Crippen LogP contribution in [0, 0.1) is 0 Å². The first-order valence-corrected chi connectivity index (χ1v) is 5.86. The Labute approximate surface area is 95.6 Å². The van der Waals surface area contributed by atoms with Crippen LogP contribution in [0.4, 0.5) is 0 Å². The molecular formula is C12H18N2O2. The summed E-state index contributed by atoms with van der Waals surface area (Å²) in [7, 11) is 0. The lowest BCUT2D eigenvalue weighted by Crippen LogP contribution is -2.28. The molecule has 1 saturated heterocycles. The molecule has 0 aliphatic carbocycles. The van der Waals surface area contributed by atoms with Crippen LogP contribution in [0.15, 0.2) is 22.8 Å². The van der Waals surface area contributed by atoms with E-state index in [1.54, 1.807) is 6.26 Å². The minimum absolute atomic E-state index is 0.100. The molecule has 4 nitrogen and oxygen atoms in total. The molecule has 1 aliphatic heterocycles. The van der Waals surface area contributed by atoms with Gasteiger partial charge in [-0.1, -0.05) is 0 Å². The van der Waals surface area contributed by atoms with E-state index in [1.165, 1.54) is 12.8 Å². The minimum atomic E-state index is 0.100. The number of furan rings is 1. The third-order valence-electron chi connectivity index (χ3n) is 2.89. The first-order chi connectivity index (χ1) is 7.84. The fourth-order valence-electron chi connectivity index (χ4n) is 1.95. The molecule has 0 spiro atoms. The number of amides is 1. The lowest BCUT2D eigenvalue weighted by atomic mass is 10.3. The van der Waals surface area contributed by atoms with Gasteiger partial charge in [0.1, 0.15) is 5.76 Å². The zero-order chi connectivity index (χ0) is 11.2. The lowest BCUT2D eigenvalue weighted by Gasteiger charge is -2.13. The number of rotatable bonds is 5. The summed E-state index contributed by atoms with van der Waals surface area (Å²) in [4.78, 5) is 13.9. The Kier molecular flexibility index (Phi) is 3.99. The molecule has 1 aromatic rings. The average Bonchev–Trinajstić information content (AvgIpc) is 2.96. The number of carbonyl (C=O) groups excluding carboxylic acids is 1. The Morgan fingerprint density at radius 1 is 1.44 bits per heavy atom. The lowest BCUT2D eigenvalue weighted by molar-refractivity contribution is -0.121. The summed E-state index contributed by atoms with van der Waals surface area (Å²) in [6.45, 7) is 3.66. The van der Waals surface area contributed by atoms with Crippen molar-refractivity contribution in [3.05, 3.63) is 24.2 Å². The van der Waals surface area contributed by atoms with E-state index in [1.807, 2.05) is 12.1 Å². The monoisotopic (exact) mass is 222 g/mol. The number of likely N-dealkylation sites (tertiary alicyclic amines) is 1. The van der Waals surface area contributed by atoms with Gasteiger partial charge in [0.2, 0.25) is 5.91 Å². The van der Waals surface area contributed by atoms with Gasteiger partial charge in [0.15, 0.2) is 0 Å². The normalized spacial score (nSPS) is 16.5. The van der Waals surface area contributed by atoms with Crippen molar-refractivity contribution in [2.45, 2.75) is 25.8 Å². The van der Waals surface area contributed by atoms with E-state index in [-0.39, 0.29) is 5.91 Å². The molecule has 1 N–H and O–H groups in total. The SMILES string of the molecule is O=C(CCN1CCCC1)NCc1ccco1. The third kappa shape index (κ3) is 3.38. The molecule has 1 aromatic heterocycles. The second-order valence-electron chi connectivity index (χ2n) is 4.15. The fraction of sp³-hybridized carbons (Fsp3) is 0.583. The maximum absolute atomic E-state index is 11.5. The molecule has 0 saturated carbocycles. The molecular weight excluding hydrogens is 204 g/mol. The molecule has 0 radical (unpaired) electrons. The maximum atomic E-state index is 11.5. The van der Waals surface area contributed by atoms with Crippen LogP contribution < -0.4 is 5.32 Å². The Morgan fingerprint density at radius 3 is 2.94 bits per heavy atom. The van der Waals surface area contributed by atoms with Crippen LogP contribution in [0.3, 0.4) is 0 Å². The van der Waals surface area contributed by atoms with Gasteiger partial charge in [-0.15, -0.1) is 0 Å². The largest absolute Gasteiger partial charge is 0.467 e. The Bertz CT molecular complexity index is 316. The Morgan fingerprint density at radius 2 is 2.25 bits per heavy atom. The Hall–Kier alpha value is -1.29. The van der Waals surface area contributed by atoms with Crippen molar-refractivity contribution >= 4 is 5.91 Å². The van der Waals surface area contributed by atoms with Crippen LogP contribution >= 0.6 is 0 Å². The maximum Gasteiger partial charge on any atom is 0.221 e. The van der Waals surface area contributed by atoms with E-state index in [0.717, 1.165) is 25.4 Å². The summed E-state index contributed by atoms with van der Waals surface area (Å²) in [6.07, 6.45) is 4.74. The van der Waals surface area contributed by atoms with Crippen molar-refractivity contribution in [1.82, 2.24) is 10.2 Å². The molecule has 88 valence electrons. The van der Waals surface area contributed by atoms with Crippen LogP contribution in [-0.4, -0.2) is 30.4 Å². The number of hydrogen-bond acceptors (Lipinski definition) is 3. The van der Waals surface area contributed by atoms with Crippen molar-refractivity contribution in [3.63, 3.8) is 0 Å². The van der Waals surface area contributed by atoms with Crippen molar-refractivity contribution in [2.75, 3.05) is 19.6 Å². The molecule has 2 rings (SSSR count). The van der Waals surface area contributed by atoms with Gasteiger partial charge in [0.25, 0.3) is 0 Å². The molecule has 1 fully saturated rings. The molecule has 4 heteroatoms. The molecule has 1 aliphatic rings. The highest BCUT2D eigenvalue weighted by Gasteiger charge is 2.12. The van der Waals surface area contributed by atoms with Gasteiger partial charge in [-0.25, -0.2) is 0 Å². The number of nitrogens with zero attached hydrogens (tertiary/aromatic N) is 1. The van der Waals surface area contributed by atoms with Gasteiger partial charge in [0, 0.05) is 13.0 Å². The Balaban J connectivity index is 1.60. The molecule has 2 heterocycles. The number of hydrogen-bond donors (Lipinski definition) is 1. The zero-order valence-corrected chi connectivity index (χ0v) is 9.45. The predicted molar refractivity (Wildman–Crippen MR) is 60.8 cm³/mol. The second kappa shape index (κ2) is 5.70. The van der Waals surface area contributed by atoms with E-state index in [9.17, 15) is 4.79 Å². The van der Waals surface area contributed by atoms with E-state index in [4.69, 9.17) is 4.42 Å². The van der Waals surface area contributed by atoms with Crippen molar-refractivity contribution < 1.29 is 9.21 Å². The van der Waals surface area contributed by atoms with Crippen LogP contribution in [0.2, 0.25) is 0 Å². The molecule has 0 unspecified atom stereocenters. The fourth-order valence-corrected chi connectivity index (χ4v) is 1.95. The standard InChI is InChI=1S/C12H18N2O2/c15-12(5-8-14-6-1-2-7-14)13-10-11-4-3-9-16-11/h3-4,9H,1-2,5-8,10H2,(H,13,15). The zero-order valence-electron chi connectivity index (χ0n) is 9.45. The van der Waals surface area contributed by atoms with E-state index in [0.29, 0.717) is 13.0 Å². The smallest absolute Gasteiger partial charge is 0.221 e. The summed E-state index contributed by atoms with van der Waals surface area (Å²) in [5.41, 5.74) is 0. The number of nitrogens with one attached hydrogen (secondary N) is 1. The van der Waals surface area contributed by atoms with Gasteiger partial charge in [-0.3, -0.25) is 4.79 Å². The quantitative estimate of drug-likeness (QED) is 0.818. The van der Waals surface area contributed by atoms with Gasteiger partial charge >= 0.3 is 0 Å². The van der Waals surface area contributed by atoms with Gasteiger partial charge < -0.3 is 14.6 Å². The third-order valence-corrected chi connectivity index (χ3v) is 2.89. The molecule has 0 aromatic carbocycles. The molecule has 0 bridgehead atoms. The van der Waals surface area contributed by atoms with Crippen LogP contribution in [0.25, 0.3) is 0 Å². The van der Waals surface area contributed by atoms with Gasteiger partial charge in [-0.05, 0) is 38.1 Å². The van der Waals surface area contributed by atoms with E-state index in [2.05, 4.69) is 10.2 Å². The highest BCUT2D eigenvalue weighted by molar-refractivity contribution is 5.75. The average molecular weight is 222 g/mol. The van der Waals surface area contributed by atoms with Crippen LogP contribution in [-0.2, 0) is 11.3 Å². The summed E-state index contributed by atoms with van der Waals surface area (Å²) >= 11 is 0. The first-order valence-electron chi connectivity index (χ1n) is 5.86. The summed E-state index contributed by atoms with van der Waals surface area (Å²) in [6, 6.07) is 3.69. The first kappa shape index (κ1) is 11.2.